The number of rotatable bonds is 3. The van der Waals surface area contributed by atoms with Crippen molar-refractivity contribution in [2.24, 2.45) is 0 Å². The van der Waals surface area contributed by atoms with Crippen molar-refractivity contribution < 1.29 is 0 Å². The first kappa shape index (κ1) is 13.6. The molecule has 1 aromatic heterocycles. The molecule has 2 N–H and O–H groups in total. The number of benzene rings is 2. The van der Waals surface area contributed by atoms with Crippen LogP contribution < -0.4 is 10.7 Å². The lowest BCUT2D eigenvalue weighted by Crippen LogP contribution is -2.27. The highest BCUT2D eigenvalue weighted by atomic mass is 32.1. The third kappa shape index (κ3) is 2.87. The molecule has 0 aliphatic rings. The van der Waals surface area contributed by atoms with Crippen molar-refractivity contribution in [3.8, 4) is 0 Å². The summed E-state index contributed by atoms with van der Waals surface area (Å²) >= 11 is 5.38. The largest absolute Gasteiger partial charge is 0.331 e. The number of hydrogen-bond donors (Lipinski definition) is 2. The van der Waals surface area contributed by atoms with E-state index in [-0.39, 0.29) is 0 Å². The van der Waals surface area contributed by atoms with E-state index in [0.717, 1.165) is 23.1 Å². The molecule has 3 rings (SSSR count). The minimum absolute atomic E-state index is 0.541. The summed E-state index contributed by atoms with van der Waals surface area (Å²) in [5.41, 5.74) is 7.33. The highest BCUT2D eigenvalue weighted by molar-refractivity contribution is 7.80. The number of thiocarbonyl (C=S) groups is 1. The van der Waals surface area contributed by atoms with Gasteiger partial charge in [-0.2, -0.15) is 0 Å². The van der Waals surface area contributed by atoms with Crippen molar-refractivity contribution in [3.63, 3.8) is 0 Å². The van der Waals surface area contributed by atoms with Gasteiger partial charge in [0, 0.05) is 5.69 Å². The molecule has 106 valence electrons. The highest BCUT2D eigenvalue weighted by Crippen LogP contribution is 2.15. The number of imidazole rings is 1. The van der Waals surface area contributed by atoms with Crippen LogP contribution >= 0.6 is 12.2 Å². The van der Waals surface area contributed by atoms with E-state index in [2.05, 4.69) is 28.7 Å². The van der Waals surface area contributed by atoms with E-state index in [1.807, 2.05) is 47.1 Å². The second-order valence-corrected chi connectivity index (χ2v) is 5.09. The van der Waals surface area contributed by atoms with E-state index in [1.165, 1.54) is 5.56 Å². The van der Waals surface area contributed by atoms with E-state index < -0.39 is 0 Å². The van der Waals surface area contributed by atoms with Gasteiger partial charge in [0.15, 0.2) is 5.11 Å². The predicted octanol–water partition coefficient (Wildman–Crippen LogP) is 3.54. The summed E-state index contributed by atoms with van der Waals surface area (Å²) in [5.74, 6) is 0. The van der Waals surface area contributed by atoms with E-state index in [4.69, 9.17) is 12.2 Å². The van der Waals surface area contributed by atoms with Crippen LogP contribution in [0.1, 0.15) is 12.5 Å². The molecule has 2 aromatic carbocycles. The molecule has 0 saturated heterocycles. The molecule has 0 spiro atoms. The number of hydrogen-bond acceptors (Lipinski definition) is 2. The summed E-state index contributed by atoms with van der Waals surface area (Å²) < 4.78 is 1.82. The highest BCUT2D eigenvalue weighted by Gasteiger charge is 2.05. The smallest absolute Gasteiger partial charge is 0.190 e. The van der Waals surface area contributed by atoms with Crippen molar-refractivity contribution in [1.82, 2.24) is 9.66 Å². The Bertz CT molecular complexity index is 779. The summed E-state index contributed by atoms with van der Waals surface area (Å²) in [4.78, 5) is 4.33. The van der Waals surface area contributed by atoms with Crippen LogP contribution in [-0.4, -0.2) is 14.8 Å². The molecule has 0 amide bonds. The molecule has 0 aliphatic carbocycles. The van der Waals surface area contributed by atoms with Crippen LogP contribution in [0.2, 0.25) is 0 Å². The quantitative estimate of drug-likeness (QED) is 0.725. The summed E-state index contributed by atoms with van der Waals surface area (Å²) in [6, 6.07) is 16.1. The average molecular weight is 296 g/mol. The topological polar surface area (TPSA) is 41.9 Å². The Morgan fingerprint density at radius 1 is 1.14 bits per heavy atom. The molecule has 0 saturated carbocycles. The van der Waals surface area contributed by atoms with Crippen molar-refractivity contribution in [3.05, 3.63) is 60.4 Å². The Labute approximate surface area is 128 Å². The van der Waals surface area contributed by atoms with Crippen molar-refractivity contribution in [2.75, 3.05) is 10.7 Å². The van der Waals surface area contributed by atoms with Gasteiger partial charge in [0.2, 0.25) is 0 Å². The summed E-state index contributed by atoms with van der Waals surface area (Å²) in [6.07, 6.45) is 2.68. The molecule has 0 radical (unpaired) electrons. The van der Waals surface area contributed by atoms with Gasteiger partial charge in [-0.1, -0.05) is 37.3 Å². The number of para-hydroxylation sites is 3. The first-order chi connectivity index (χ1) is 10.3. The molecule has 0 unspecified atom stereocenters. The molecule has 0 fully saturated rings. The monoisotopic (exact) mass is 296 g/mol. The lowest BCUT2D eigenvalue weighted by Gasteiger charge is -2.14. The van der Waals surface area contributed by atoms with E-state index in [9.17, 15) is 0 Å². The molecular formula is C16H16N4S. The van der Waals surface area contributed by atoms with Crippen molar-refractivity contribution >= 4 is 34.1 Å². The van der Waals surface area contributed by atoms with Crippen LogP contribution in [-0.2, 0) is 6.42 Å². The maximum Gasteiger partial charge on any atom is 0.190 e. The Balaban J connectivity index is 1.77. The van der Waals surface area contributed by atoms with Crippen LogP contribution in [0.3, 0.4) is 0 Å². The maximum absolute atomic E-state index is 5.38. The normalized spacial score (nSPS) is 10.5. The zero-order chi connectivity index (χ0) is 14.7. The molecule has 1 heterocycles. The minimum atomic E-state index is 0.541. The average Bonchev–Trinajstić information content (AvgIpc) is 2.91. The Kier molecular flexibility index (Phi) is 3.83. The number of nitrogens with one attached hydrogen (secondary N) is 2. The van der Waals surface area contributed by atoms with Crippen molar-refractivity contribution in [2.45, 2.75) is 13.3 Å². The zero-order valence-electron chi connectivity index (χ0n) is 11.7. The van der Waals surface area contributed by atoms with E-state index in [1.54, 1.807) is 6.33 Å². The fraction of sp³-hybridized carbons (Fsp3) is 0.125. The third-order valence-electron chi connectivity index (χ3n) is 3.32. The second kappa shape index (κ2) is 5.93. The minimum Gasteiger partial charge on any atom is -0.331 e. The first-order valence-corrected chi connectivity index (χ1v) is 7.26. The molecule has 0 aliphatic heterocycles. The number of aromatic nitrogens is 2. The van der Waals surface area contributed by atoms with Gasteiger partial charge in [0.05, 0.1) is 11.0 Å². The fourth-order valence-electron chi connectivity index (χ4n) is 2.26. The lowest BCUT2D eigenvalue weighted by molar-refractivity contribution is 1.01. The summed E-state index contributed by atoms with van der Waals surface area (Å²) in [5, 5.41) is 3.78. The Morgan fingerprint density at radius 2 is 1.90 bits per heavy atom. The number of nitrogens with zero attached hydrogens (tertiary/aromatic N) is 2. The predicted molar refractivity (Wildman–Crippen MR) is 91.1 cm³/mol. The molecule has 5 heteroatoms. The lowest BCUT2D eigenvalue weighted by atomic mass is 10.1. The van der Waals surface area contributed by atoms with Gasteiger partial charge >= 0.3 is 0 Å². The standard InChI is InChI=1S/C16H16N4S/c1-2-12-7-3-4-8-13(12)18-16(21)19-20-11-17-14-9-5-6-10-15(14)20/h3-11H,2H2,1H3,(H2,18,19,21). The van der Waals surface area contributed by atoms with Gasteiger partial charge in [0.1, 0.15) is 6.33 Å². The molecule has 0 bridgehead atoms. The SMILES string of the molecule is CCc1ccccc1NC(=S)Nn1cnc2ccccc21. The van der Waals surface area contributed by atoms with Gasteiger partial charge in [-0.15, -0.1) is 0 Å². The van der Waals surface area contributed by atoms with E-state index in [0.29, 0.717) is 5.11 Å². The maximum atomic E-state index is 5.38. The molecule has 21 heavy (non-hydrogen) atoms. The number of fused-ring (bicyclic) bond motifs is 1. The van der Waals surface area contributed by atoms with Gasteiger partial charge in [-0.25, -0.2) is 9.66 Å². The molecular weight excluding hydrogens is 280 g/mol. The van der Waals surface area contributed by atoms with Crippen LogP contribution in [0.5, 0.6) is 0 Å². The molecule has 4 nitrogen and oxygen atoms in total. The number of anilines is 1. The van der Waals surface area contributed by atoms with Crippen LogP contribution in [0.15, 0.2) is 54.9 Å². The van der Waals surface area contributed by atoms with Crippen LogP contribution in [0.25, 0.3) is 11.0 Å². The van der Waals surface area contributed by atoms with Crippen LogP contribution in [0.4, 0.5) is 5.69 Å². The third-order valence-corrected chi connectivity index (χ3v) is 3.52. The van der Waals surface area contributed by atoms with Gasteiger partial charge in [0.25, 0.3) is 0 Å². The molecule has 3 aromatic rings. The molecule has 0 atom stereocenters. The number of aryl methyl sites for hydroxylation is 1. The summed E-state index contributed by atoms with van der Waals surface area (Å²) in [6.45, 7) is 2.13. The van der Waals surface area contributed by atoms with Gasteiger partial charge < -0.3 is 5.32 Å². The first-order valence-electron chi connectivity index (χ1n) is 6.86. The van der Waals surface area contributed by atoms with E-state index >= 15 is 0 Å². The Hall–Kier alpha value is -2.40. The second-order valence-electron chi connectivity index (χ2n) is 4.68. The van der Waals surface area contributed by atoms with Crippen LogP contribution in [0, 0.1) is 0 Å². The van der Waals surface area contributed by atoms with Crippen molar-refractivity contribution in [1.29, 1.82) is 0 Å². The summed E-state index contributed by atoms with van der Waals surface area (Å²) in [7, 11) is 0. The van der Waals surface area contributed by atoms with Gasteiger partial charge in [-0.05, 0) is 42.4 Å². The fourth-order valence-corrected chi connectivity index (χ4v) is 2.47. The van der Waals surface area contributed by atoms with Gasteiger partial charge in [-0.3, -0.25) is 5.43 Å². The zero-order valence-corrected chi connectivity index (χ0v) is 12.5. The Morgan fingerprint density at radius 3 is 2.76 bits per heavy atom.